The molecule has 0 aliphatic carbocycles. The van der Waals surface area contributed by atoms with Crippen LogP contribution in [0.1, 0.15) is 12.8 Å². The molecule has 0 atom stereocenters. The second kappa shape index (κ2) is 10.2. The first-order valence-electron chi connectivity index (χ1n) is 11.4. The number of fused-ring (bicyclic) bond motifs is 2. The van der Waals surface area contributed by atoms with Crippen LogP contribution in [-0.4, -0.2) is 54.3 Å². The largest absolute Gasteiger partial charge is 0.384 e. The second-order valence-electron chi connectivity index (χ2n) is 8.07. The monoisotopic (exact) mass is 462 g/mol. The summed E-state index contributed by atoms with van der Waals surface area (Å²) in [5.74, 6) is 1.66. The van der Waals surface area contributed by atoms with Crippen LogP contribution >= 0.6 is 11.6 Å². The van der Waals surface area contributed by atoms with Gasteiger partial charge in [-0.15, -0.1) is 0 Å². The van der Waals surface area contributed by atoms with E-state index in [0.717, 1.165) is 78.3 Å². The summed E-state index contributed by atoms with van der Waals surface area (Å²) in [5.41, 5.74) is 2.95. The Morgan fingerprint density at radius 1 is 0.879 bits per heavy atom. The Labute approximate surface area is 198 Å². The zero-order valence-corrected chi connectivity index (χ0v) is 19.2. The number of morpholine rings is 1. The fraction of sp³-hybridized carbons (Fsp3) is 0.320. The van der Waals surface area contributed by atoms with Crippen molar-refractivity contribution in [1.82, 2.24) is 15.0 Å². The van der Waals surface area contributed by atoms with Crippen LogP contribution in [0.5, 0.6) is 0 Å². The van der Waals surface area contributed by atoms with Crippen molar-refractivity contribution in [2.24, 2.45) is 0 Å². The van der Waals surface area contributed by atoms with E-state index in [1.54, 1.807) is 0 Å². The zero-order valence-electron chi connectivity index (χ0n) is 18.4. The molecule has 7 nitrogen and oxygen atoms in total. The van der Waals surface area contributed by atoms with Crippen LogP contribution in [-0.2, 0) is 4.74 Å². The molecular formula is C25H27ClN6O. The highest BCUT2D eigenvalue weighted by Crippen LogP contribution is 2.25. The van der Waals surface area contributed by atoms with Gasteiger partial charge >= 0.3 is 0 Å². The molecule has 2 N–H and O–H groups in total. The minimum atomic E-state index is 0.701. The maximum atomic E-state index is 6.09. The lowest BCUT2D eigenvalue weighted by atomic mass is 10.2. The summed E-state index contributed by atoms with van der Waals surface area (Å²) in [6.07, 6.45) is 3.87. The van der Waals surface area contributed by atoms with E-state index >= 15 is 0 Å². The number of benzene rings is 2. The van der Waals surface area contributed by atoms with E-state index in [1.165, 1.54) is 0 Å². The minimum Gasteiger partial charge on any atom is -0.384 e. The van der Waals surface area contributed by atoms with Gasteiger partial charge in [-0.3, -0.25) is 4.98 Å². The smallest absolute Gasteiger partial charge is 0.228 e. The molecule has 1 fully saturated rings. The van der Waals surface area contributed by atoms with Gasteiger partial charge in [-0.2, -0.15) is 4.98 Å². The van der Waals surface area contributed by atoms with E-state index in [-0.39, 0.29) is 0 Å². The lowest BCUT2D eigenvalue weighted by Crippen LogP contribution is -2.37. The predicted molar refractivity (Wildman–Crippen MR) is 136 cm³/mol. The number of ether oxygens (including phenoxy) is 1. The predicted octanol–water partition coefficient (Wildman–Crippen LogP) is 4.97. The van der Waals surface area contributed by atoms with E-state index in [2.05, 4.69) is 26.6 Å². The minimum absolute atomic E-state index is 0.701. The number of hydrogen-bond donors (Lipinski definition) is 2. The Hall–Kier alpha value is -3.16. The summed E-state index contributed by atoms with van der Waals surface area (Å²) >= 11 is 6.09. The third kappa shape index (κ3) is 5.10. The summed E-state index contributed by atoms with van der Waals surface area (Å²) in [7, 11) is 0. The molecule has 2 aromatic carbocycles. The van der Waals surface area contributed by atoms with Crippen molar-refractivity contribution in [3.63, 3.8) is 0 Å². The van der Waals surface area contributed by atoms with Gasteiger partial charge in [-0.1, -0.05) is 23.7 Å². The molecule has 1 aliphatic heterocycles. The molecule has 0 spiro atoms. The summed E-state index contributed by atoms with van der Waals surface area (Å²) < 4.78 is 5.47. The molecule has 3 heterocycles. The van der Waals surface area contributed by atoms with Crippen LogP contribution in [0, 0.1) is 0 Å². The Morgan fingerprint density at radius 2 is 1.70 bits per heavy atom. The van der Waals surface area contributed by atoms with Gasteiger partial charge in [-0.05, 0) is 49.2 Å². The Balaban J connectivity index is 1.18. The highest BCUT2D eigenvalue weighted by atomic mass is 35.5. The number of aromatic nitrogens is 3. The lowest BCUT2D eigenvalue weighted by Gasteiger charge is -2.27. The molecule has 0 unspecified atom stereocenters. The third-order valence-electron chi connectivity index (χ3n) is 5.80. The van der Waals surface area contributed by atoms with Crippen LogP contribution in [0.2, 0.25) is 5.02 Å². The topological polar surface area (TPSA) is 75.2 Å². The number of unbranched alkanes of at least 4 members (excludes halogenated alkanes) is 1. The Bertz CT molecular complexity index is 1240. The number of nitrogens with zero attached hydrogens (tertiary/aromatic N) is 4. The van der Waals surface area contributed by atoms with Crippen LogP contribution in [0.3, 0.4) is 0 Å². The molecule has 0 amide bonds. The number of rotatable bonds is 8. The summed E-state index contributed by atoms with van der Waals surface area (Å²) in [5, 5.41) is 9.91. The van der Waals surface area contributed by atoms with Gasteiger partial charge in [0.2, 0.25) is 5.95 Å². The van der Waals surface area contributed by atoms with E-state index in [0.29, 0.717) is 18.2 Å². The van der Waals surface area contributed by atoms with Gasteiger partial charge in [0, 0.05) is 53.9 Å². The Kier molecular flexibility index (Phi) is 6.69. The first-order valence-corrected chi connectivity index (χ1v) is 11.8. The molecule has 4 aromatic rings. The Morgan fingerprint density at radius 3 is 2.58 bits per heavy atom. The van der Waals surface area contributed by atoms with Crippen molar-refractivity contribution in [1.29, 1.82) is 0 Å². The van der Waals surface area contributed by atoms with Gasteiger partial charge in [0.15, 0.2) is 0 Å². The molecule has 2 aromatic heterocycles. The first kappa shape index (κ1) is 21.7. The van der Waals surface area contributed by atoms with Gasteiger partial charge in [0.1, 0.15) is 5.82 Å². The van der Waals surface area contributed by atoms with Crippen molar-refractivity contribution in [2.75, 3.05) is 54.9 Å². The quantitative estimate of drug-likeness (QED) is 0.358. The van der Waals surface area contributed by atoms with Gasteiger partial charge < -0.3 is 20.3 Å². The standard InChI is InChI=1S/C25H27ClN6O/c26-18-7-8-19-21(9-12-28-23(19)17-18)27-10-3-4-11-29-24-20-5-1-2-6-22(20)30-25(31-24)32-13-15-33-16-14-32/h1-2,5-9,12,17H,3-4,10-11,13-16H2,(H,27,28)(H,29,30,31). The molecule has 0 radical (unpaired) electrons. The zero-order chi connectivity index (χ0) is 22.5. The number of hydrogen-bond acceptors (Lipinski definition) is 7. The van der Waals surface area contributed by atoms with Gasteiger partial charge in [0.25, 0.3) is 0 Å². The SMILES string of the molecule is Clc1ccc2c(NCCCCNc3nc(N4CCOCC4)nc4ccccc34)ccnc2c1. The van der Waals surface area contributed by atoms with Crippen molar-refractivity contribution in [2.45, 2.75) is 12.8 Å². The molecule has 170 valence electrons. The van der Waals surface area contributed by atoms with Crippen molar-refractivity contribution in [3.05, 3.63) is 59.8 Å². The average Bonchev–Trinajstić information content (AvgIpc) is 2.86. The lowest BCUT2D eigenvalue weighted by molar-refractivity contribution is 0.122. The van der Waals surface area contributed by atoms with Crippen LogP contribution in [0.25, 0.3) is 21.8 Å². The molecule has 1 saturated heterocycles. The van der Waals surface area contributed by atoms with Crippen molar-refractivity contribution >= 4 is 50.9 Å². The number of para-hydroxylation sites is 1. The van der Waals surface area contributed by atoms with Gasteiger partial charge in [-0.25, -0.2) is 4.98 Å². The second-order valence-corrected chi connectivity index (χ2v) is 8.51. The number of pyridine rings is 1. The number of nitrogens with one attached hydrogen (secondary N) is 2. The number of anilines is 3. The van der Waals surface area contributed by atoms with E-state index in [1.807, 2.05) is 48.7 Å². The summed E-state index contributed by atoms with van der Waals surface area (Å²) in [6.45, 7) is 4.79. The van der Waals surface area contributed by atoms with E-state index in [9.17, 15) is 0 Å². The van der Waals surface area contributed by atoms with Crippen LogP contribution in [0.4, 0.5) is 17.5 Å². The fourth-order valence-electron chi connectivity index (χ4n) is 4.06. The summed E-state index contributed by atoms with van der Waals surface area (Å²) in [6, 6.07) is 16.0. The average molecular weight is 463 g/mol. The fourth-order valence-corrected chi connectivity index (χ4v) is 4.23. The van der Waals surface area contributed by atoms with Crippen LogP contribution < -0.4 is 15.5 Å². The molecule has 33 heavy (non-hydrogen) atoms. The van der Waals surface area contributed by atoms with E-state index < -0.39 is 0 Å². The van der Waals surface area contributed by atoms with Crippen LogP contribution in [0.15, 0.2) is 54.7 Å². The van der Waals surface area contributed by atoms with Crippen molar-refractivity contribution in [3.8, 4) is 0 Å². The highest BCUT2D eigenvalue weighted by Gasteiger charge is 2.16. The molecule has 0 bridgehead atoms. The van der Waals surface area contributed by atoms with Crippen molar-refractivity contribution < 1.29 is 4.74 Å². The maximum Gasteiger partial charge on any atom is 0.228 e. The molecule has 1 aliphatic rings. The highest BCUT2D eigenvalue weighted by molar-refractivity contribution is 6.31. The van der Waals surface area contributed by atoms with E-state index in [4.69, 9.17) is 26.3 Å². The molecule has 8 heteroatoms. The summed E-state index contributed by atoms with van der Waals surface area (Å²) in [4.78, 5) is 16.2. The molecule has 0 saturated carbocycles. The number of halogens is 1. The third-order valence-corrected chi connectivity index (χ3v) is 6.04. The normalized spacial score (nSPS) is 14.0. The molecule has 5 rings (SSSR count). The van der Waals surface area contributed by atoms with Gasteiger partial charge in [0.05, 0.1) is 24.2 Å². The molecular weight excluding hydrogens is 436 g/mol. The first-order chi connectivity index (χ1) is 16.3. The maximum absolute atomic E-state index is 6.09.